The number of nitrogens with one attached hydrogen (secondary N) is 1. The Morgan fingerprint density at radius 1 is 1.36 bits per heavy atom. The van der Waals surface area contributed by atoms with Gasteiger partial charge in [-0.15, -0.1) is 0 Å². The minimum absolute atomic E-state index is 0.119. The van der Waals surface area contributed by atoms with E-state index in [9.17, 15) is 5.11 Å². The molecule has 0 radical (unpaired) electrons. The van der Waals surface area contributed by atoms with Crippen molar-refractivity contribution < 1.29 is 9.84 Å². The van der Waals surface area contributed by atoms with E-state index in [0.29, 0.717) is 6.61 Å². The highest BCUT2D eigenvalue weighted by atomic mass is 16.5. The Labute approximate surface area is 83.7 Å². The standard InChI is InChI=1S/C11H15NO2/c13-11(9-4-2-1-3-5-9)10-8-12-6-7-14-10/h1-5,10-13H,6-8H2/t10?,11-/m0/s1. The first kappa shape index (κ1) is 9.65. The molecule has 2 N–H and O–H groups in total. The zero-order valence-corrected chi connectivity index (χ0v) is 8.02. The molecule has 1 saturated heterocycles. The first-order chi connectivity index (χ1) is 6.88. The molecule has 1 aromatic carbocycles. The molecule has 1 unspecified atom stereocenters. The summed E-state index contributed by atoms with van der Waals surface area (Å²) < 4.78 is 5.48. The van der Waals surface area contributed by atoms with Gasteiger partial charge in [0.05, 0.1) is 12.7 Å². The highest BCUT2D eigenvalue weighted by Crippen LogP contribution is 2.19. The fourth-order valence-electron chi connectivity index (χ4n) is 1.65. The van der Waals surface area contributed by atoms with Crippen LogP contribution in [0.1, 0.15) is 11.7 Å². The summed E-state index contributed by atoms with van der Waals surface area (Å²) in [5.74, 6) is 0. The fourth-order valence-corrected chi connectivity index (χ4v) is 1.65. The molecule has 0 bridgehead atoms. The van der Waals surface area contributed by atoms with Crippen LogP contribution in [0.5, 0.6) is 0 Å². The summed E-state index contributed by atoms with van der Waals surface area (Å²) in [4.78, 5) is 0. The van der Waals surface area contributed by atoms with E-state index in [4.69, 9.17) is 4.74 Å². The molecule has 3 heteroatoms. The van der Waals surface area contributed by atoms with Crippen LogP contribution in [0.3, 0.4) is 0 Å². The maximum atomic E-state index is 9.98. The van der Waals surface area contributed by atoms with Gasteiger partial charge in [0.15, 0.2) is 0 Å². The minimum Gasteiger partial charge on any atom is -0.386 e. The lowest BCUT2D eigenvalue weighted by atomic mass is 10.0. The SMILES string of the molecule is O[C@@H](c1ccccc1)C1CNCCO1. The van der Waals surface area contributed by atoms with Crippen molar-refractivity contribution in [3.8, 4) is 0 Å². The first-order valence-electron chi connectivity index (χ1n) is 4.93. The fraction of sp³-hybridized carbons (Fsp3) is 0.455. The lowest BCUT2D eigenvalue weighted by Crippen LogP contribution is -2.41. The van der Waals surface area contributed by atoms with Crippen LogP contribution in [0.15, 0.2) is 30.3 Å². The van der Waals surface area contributed by atoms with E-state index in [1.165, 1.54) is 0 Å². The molecule has 0 amide bonds. The highest BCUT2D eigenvalue weighted by molar-refractivity contribution is 5.18. The van der Waals surface area contributed by atoms with Gasteiger partial charge in [0.2, 0.25) is 0 Å². The molecule has 0 saturated carbocycles. The molecule has 1 fully saturated rings. The number of aliphatic hydroxyl groups excluding tert-OH is 1. The van der Waals surface area contributed by atoms with Gasteiger partial charge in [0.25, 0.3) is 0 Å². The van der Waals surface area contributed by atoms with Gasteiger partial charge in [0.1, 0.15) is 6.10 Å². The maximum Gasteiger partial charge on any atom is 0.106 e. The van der Waals surface area contributed by atoms with Crippen LogP contribution in [-0.4, -0.2) is 30.9 Å². The summed E-state index contributed by atoms with van der Waals surface area (Å²) in [7, 11) is 0. The zero-order valence-electron chi connectivity index (χ0n) is 8.02. The first-order valence-corrected chi connectivity index (χ1v) is 4.93. The van der Waals surface area contributed by atoms with Gasteiger partial charge in [-0.25, -0.2) is 0 Å². The van der Waals surface area contributed by atoms with E-state index in [2.05, 4.69) is 5.32 Å². The second-order valence-corrected chi connectivity index (χ2v) is 3.47. The van der Waals surface area contributed by atoms with Crippen LogP contribution in [0.2, 0.25) is 0 Å². The third-order valence-corrected chi connectivity index (χ3v) is 2.45. The molecular weight excluding hydrogens is 178 g/mol. The van der Waals surface area contributed by atoms with Crippen LogP contribution in [0.4, 0.5) is 0 Å². The molecule has 3 nitrogen and oxygen atoms in total. The van der Waals surface area contributed by atoms with Gasteiger partial charge in [-0.05, 0) is 5.56 Å². The summed E-state index contributed by atoms with van der Waals surface area (Å²) in [6.07, 6.45) is -0.643. The van der Waals surface area contributed by atoms with E-state index in [1.807, 2.05) is 30.3 Å². The lowest BCUT2D eigenvalue weighted by molar-refractivity contribution is -0.0536. The Hall–Kier alpha value is -0.900. The van der Waals surface area contributed by atoms with E-state index in [1.54, 1.807) is 0 Å². The monoisotopic (exact) mass is 193 g/mol. The van der Waals surface area contributed by atoms with Crippen molar-refractivity contribution in [3.05, 3.63) is 35.9 Å². The summed E-state index contributed by atoms with van der Waals surface area (Å²) in [5, 5.41) is 13.2. The molecule has 1 heterocycles. The van der Waals surface area contributed by atoms with Gasteiger partial charge < -0.3 is 15.2 Å². The van der Waals surface area contributed by atoms with E-state index in [-0.39, 0.29) is 6.10 Å². The van der Waals surface area contributed by atoms with Gasteiger partial charge in [0, 0.05) is 13.1 Å². The molecule has 14 heavy (non-hydrogen) atoms. The smallest absolute Gasteiger partial charge is 0.106 e. The predicted molar refractivity (Wildman–Crippen MR) is 54.0 cm³/mol. The van der Waals surface area contributed by atoms with Crippen molar-refractivity contribution in [1.29, 1.82) is 0 Å². The van der Waals surface area contributed by atoms with Crippen molar-refractivity contribution in [2.75, 3.05) is 19.7 Å². The van der Waals surface area contributed by atoms with Crippen molar-refractivity contribution in [2.45, 2.75) is 12.2 Å². The van der Waals surface area contributed by atoms with E-state index in [0.717, 1.165) is 18.7 Å². The summed E-state index contributed by atoms with van der Waals surface area (Å²) >= 11 is 0. The predicted octanol–water partition coefficient (Wildman–Crippen LogP) is 0.708. The Morgan fingerprint density at radius 3 is 2.79 bits per heavy atom. The number of aliphatic hydroxyl groups is 1. The molecule has 76 valence electrons. The number of ether oxygens (including phenoxy) is 1. The number of rotatable bonds is 2. The molecule has 0 aromatic heterocycles. The topological polar surface area (TPSA) is 41.5 Å². The second kappa shape index (κ2) is 4.55. The van der Waals surface area contributed by atoms with Crippen molar-refractivity contribution in [1.82, 2.24) is 5.32 Å². The van der Waals surface area contributed by atoms with Crippen LogP contribution < -0.4 is 5.32 Å². The molecule has 2 rings (SSSR count). The van der Waals surface area contributed by atoms with Crippen LogP contribution in [0, 0.1) is 0 Å². The zero-order chi connectivity index (χ0) is 9.80. The molecule has 2 atom stereocenters. The maximum absolute atomic E-state index is 9.98. The second-order valence-electron chi connectivity index (χ2n) is 3.47. The Kier molecular flexibility index (Phi) is 3.14. The summed E-state index contributed by atoms with van der Waals surface area (Å²) in [6.45, 7) is 2.27. The summed E-state index contributed by atoms with van der Waals surface area (Å²) in [6, 6.07) is 9.63. The Bertz CT molecular complexity index is 270. The van der Waals surface area contributed by atoms with Crippen molar-refractivity contribution >= 4 is 0 Å². The normalized spacial score (nSPS) is 24.5. The number of morpholine rings is 1. The van der Waals surface area contributed by atoms with Crippen LogP contribution in [0.25, 0.3) is 0 Å². The Morgan fingerprint density at radius 2 is 2.14 bits per heavy atom. The largest absolute Gasteiger partial charge is 0.386 e. The number of hydrogen-bond donors (Lipinski definition) is 2. The minimum atomic E-state index is -0.524. The van der Waals surface area contributed by atoms with Gasteiger partial charge in [-0.1, -0.05) is 30.3 Å². The van der Waals surface area contributed by atoms with E-state index >= 15 is 0 Å². The van der Waals surface area contributed by atoms with Crippen molar-refractivity contribution in [2.24, 2.45) is 0 Å². The van der Waals surface area contributed by atoms with Crippen LogP contribution >= 0.6 is 0 Å². The molecule has 1 aliphatic heterocycles. The molecule has 1 aromatic rings. The average molecular weight is 193 g/mol. The Balaban J connectivity index is 2.03. The van der Waals surface area contributed by atoms with Crippen molar-refractivity contribution in [3.63, 3.8) is 0 Å². The highest BCUT2D eigenvalue weighted by Gasteiger charge is 2.23. The lowest BCUT2D eigenvalue weighted by Gasteiger charge is -2.27. The molecule has 1 aliphatic rings. The third kappa shape index (κ3) is 2.12. The van der Waals surface area contributed by atoms with Crippen LogP contribution in [-0.2, 0) is 4.74 Å². The molecule has 0 spiro atoms. The average Bonchev–Trinajstić information content (AvgIpc) is 2.30. The summed E-state index contributed by atoms with van der Waals surface area (Å²) in [5.41, 5.74) is 0.918. The molecule has 0 aliphatic carbocycles. The number of hydrogen-bond acceptors (Lipinski definition) is 3. The third-order valence-electron chi connectivity index (χ3n) is 2.45. The van der Waals surface area contributed by atoms with Gasteiger partial charge in [-0.2, -0.15) is 0 Å². The quantitative estimate of drug-likeness (QED) is 0.726. The van der Waals surface area contributed by atoms with Gasteiger partial charge in [-0.3, -0.25) is 0 Å². The number of benzene rings is 1. The van der Waals surface area contributed by atoms with E-state index < -0.39 is 6.10 Å². The van der Waals surface area contributed by atoms with Gasteiger partial charge >= 0.3 is 0 Å². The molecular formula is C11H15NO2.